The molecule has 0 radical (unpaired) electrons. The van der Waals surface area contributed by atoms with Crippen LogP contribution in [0, 0.1) is 9.39 Å². The number of nitrogens with zero attached hydrogens (tertiary/aromatic N) is 2. The second-order valence-corrected chi connectivity index (χ2v) is 4.95. The van der Waals surface area contributed by atoms with Gasteiger partial charge >= 0.3 is 0 Å². The fraction of sp³-hybridized carbons (Fsp3) is 0.167. The van der Waals surface area contributed by atoms with Crippen molar-refractivity contribution in [1.29, 1.82) is 0 Å². The van der Waals surface area contributed by atoms with Crippen molar-refractivity contribution in [2.45, 2.75) is 13.1 Å². The summed E-state index contributed by atoms with van der Waals surface area (Å²) in [6.07, 6.45) is 3.40. The van der Waals surface area contributed by atoms with Gasteiger partial charge in [-0.1, -0.05) is 12.1 Å². The number of anilines is 1. The van der Waals surface area contributed by atoms with E-state index in [4.69, 9.17) is 5.73 Å². The first-order valence-electron chi connectivity index (χ1n) is 5.38. The Balaban J connectivity index is 2.04. The number of nitrogens with two attached hydrogens (primary N) is 1. The Morgan fingerprint density at radius 3 is 2.61 bits per heavy atom. The number of hydrogen-bond acceptors (Lipinski definition) is 4. The molecule has 2 rings (SSSR count). The molecule has 1 aromatic heterocycles. The molecule has 2 aromatic rings. The van der Waals surface area contributed by atoms with E-state index in [1.807, 2.05) is 6.07 Å². The average Bonchev–Trinajstić information content (AvgIpc) is 2.39. The van der Waals surface area contributed by atoms with Crippen molar-refractivity contribution in [3.8, 4) is 0 Å². The Bertz CT molecular complexity index is 530. The predicted octanol–water partition coefficient (Wildman–Crippen LogP) is 2.29. The maximum atomic E-state index is 13.7. The third-order valence-corrected chi connectivity index (χ3v) is 2.97. The van der Waals surface area contributed by atoms with Crippen LogP contribution in [0.15, 0.2) is 30.6 Å². The molecule has 4 nitrogen and oxygen atoms in total. The van der Waals surface area contributed by atoms with E-state index in [0.717, 1.165) is 9.13 Å². The molecule has 0 unspecified atom stereocenters. The molecule has 0 bridgehead atoms. The van der Waals surface area contributed by atoms with Gasteiger partial charge in [0.15, 0.2) is 0 Å². The zero-order chi connectivity index (χ0) is 13.0. The van der Waals surface area contributed by atoms with Gasteiger partial charge in [0, 0.05) is 34.6 Å². The zero-order valence-electron chi connectivity index (χ0n) is 9.53. The highest BCUT2D eigenvalue weighted by atomic mass is 127. The zero-order valence-corrected chi connectivity index (χ0v) is 11.7. The van der Waals surface area contributed by atoms with Crippen LogP contribution < -0.4 is 11.1 Å². The van der Waals surface area contributed by atoms with Crippen LogP contribution in [-0.2, 0) is 13.1 Å². The lowest BCUT2D eigenvalue weighted by Gasteiger charge is -2.07. The molecule has 1 aromatic carbocycles. The molecule has 0 amide bonds. The van der Waals surface area contributed by atoms with E-state index in [0.29, 0.717) is 24.6 Å². The highest BCUT2D eigenvalue weighted by Gasteiger charge is 2.04. The molecule has 0 aliphatic heterocycles. The van der Waals surface area contributed by atoms with Gasteiger partial charge in [0.05, 0.1) is 0 Å². The molecule has 0 fully saturated rings. The van der Waals surface area contributed by atoms with Gasteiger partial charge in [-0.05, 0) is 34.2 Å². The number of halogens is 2. The summed E-state index contributed by atoms with van der Waals surface area (Å²) in [7, 11) is 0. The van der Waals surface area contributed by atoms with E-state index >= 15 is 0 Å². The molecule has 6 heteroatoms. The molecule has 0 atom stereocenters. The quantitative estimate of drug-likeness (QED) is 0.824. The summed E-state index contributed by atoms with van der Waals surface area (Å²) in [5.41, 5.74) is 6.79. The number of benzene rings is 1. The molecule has 0 saturated carbocycles. The minimum atomic E-state index is -0.268. The Morgan fingerprint density at radius 1 is 1.28 bits per heavy atom. The van der Waals surface area contributed by atoms with Crippen molar-refractivity contribution in [2.75, 3.05) is 5.32 Å². The second kappa shape index (κ2) is 6.05. The van der Waals surface area contributed by atoms with Crippen LogP contribution >= 0.6 is 22.6 Å². The summed E-state index contributed by atoms with van der Waals surface area (Å²) in [6.45, 7) is 0.683. The van der Waals surface area contributed by atoms with Gasteiger partial charge in [-0.3, -0.25) is 0 Å². The standard InChI is InChI=1S/C12H12FIN4/c13-11-3-8(4-15)1-2-9(11)5-16-12-17-6-10(14)7-18-12/h1-3,6-7H,4-5,15H2,(H,16,17,18). The van der Waals surface area contributed by atoms with Crippen molar-refractivity contribution in [3.05, 3.63) is 51.1 Å². The van der Waals surface area contributed by atoms with E-state index in [-0.39, 0.29) is 5.82 Å². The van der Waals surface area contributed by atoms with Gasteiger partial charge in [-0.2, -0.15) is 0 Å². The number of rotatable bonds is 4. The molecule has 3 N–H and O–H groups in total. The van der Waals surface area contributed by atoms with Crippen molar-refractivity contribution in [3.63, 3.8) is 0 Å². The minimum Gasteiger partial charge on any atom is -0.350 e. The normalized spacial score (nSPS) is 10.4. The third-order valence-electron chi connectivity index (χ3n) is 2.41. The fourth-order valence-corrected chi connectivity index (χ4v) is 1.72. The number of aromatic nitrogens is 2. The van der Waals surface area contributed by atoms with Crippen LogP contribution in [-0.4, -0.2) is 9.97 Å². The Kier molecular flexibility index (Phi) is 4.43. The lowest BCUT2D eigenvalue weighted by Crippen LogP contribution is -2.06. The summed E-state index contributed by atoms with van der Waals surface area (Å²) in [5, 5.41) is 2.97. The SMILES string of the molecule is NCc1ccc(CNc2ncc(I)cn2)c(F)c1. The second-order valence-electron chi connectivity index (χ2n) is 3.71. The molecule has 0 aliphatic rings. The van der Waals surface area contributed by atoms with Gasteiger partial charge in [-0.25, -0.2) is 14.4 Å². The molecular weight excluding hydrogens is 346 g/mol. The highest BCUT2D eigenvalue weighted by molar-refractivity contribution is 14.1. The molecular formula is C12H12FIN4. The molecule has 18 heavy (non-hydrogen) atoms. The molecule has 1 heterocycles. The summed E-state index contributed by atoms with van der Waals surface area (Å²) in [6, 6.07) is 4.98. The third kappa shape index (κ3) is 3.36. The number of hydrogen-bond donors (Lipinski definition) is 2. The van der Waals surface area contributed by atoms with Gasteiger partial charge in [0.1, 0.15) is 5.82 Å². The van der Waals surface area contributed by atoms with E-state index in [1.54, 1.807) is 18.5 Å². The smallest absolute Gasteiger partial charge is 0.222 e. The van der Waals surface area contributed by atoms with Gasteiger partial charge < -0.3 is 11.1 Å². The summed E-state index contributed by atoms with van der Waals surface area (Å²) >= 11 is 2.12. The van der Waals surface area contributed by atoms with E-state index in [1.165, 1.54) is 6.07 Å². The van der Waals surface area contributed by atoms with Gasteiger partial charge in [0.25, 0.3) is 0 Å². The first-order chi connectivity index (χ1) is 8.69. The Hall–Kier alpha value is -1.28. The largest absolute Gasteiger partial charge is 0.350 e. The summed E-state index contributed by atoms with van der Waals surface area (Å²) in [4.78, 5) is 8.17. The van der Waals surface area contributed by atoms with Crippen LogP contribution in [0.1, 0.15) is 11.1 Å². The molecule has 0 saturated heterocycles. The van der Waals surface area contributed by atoms with Crippen LogP contribution in [0.4, 0.5) is 10.3 Å². The molecule has 0 aliphatic carbocycles. The van der Waals surface area contributed by atoms with Crippen molar-refractivity contribution >= 4 is 28.5 Å². The number of nitrogens with one attached hydrogen (secondary N) is 1. The minimum absolute atomic E-state index is 0.268. The molecule has 94 valence electrons. The van der Waals surface area contributed by atoms with Crippen molar-refractivity contribution in [2.24, 2.45) is 5.73 Å². The Labute approximate surface area is 118 Å². The van der Waals surface area contributed by atoms with E-state index < -0.39 is 0 Å². The fourth-order valence-electron chi connectivity index (χ4n) is 1.44. The first-order valence-corrected chi connectivity index (χ1v) is 6.45. The van der Waals surface area contributed by atoms with Crippen LogP contribution in [0.5, 0.6) is 0 Å². The summed E-state index contributed by atoms with van der Waals surface area (Å²) < 4.78 is 14.6. The maximum absolute atomic E-state index is 13.7. The summed E-state index contributed by atoms with van der Waals surface area (Å²) in [5.74, 6) is 0.216. The van der Waals surface area contributed by atoms with E-state index in [9.17, 15) is 4.39 Å². The highest BCUT2D eigenvalue weighted by Crippen LogP contribution is 2.12. The Morgan fingerprint density at radius 2 is 2.00 bits per heavy atom. The van der Waals surface area contributed by atoms with Crippen molar-refractivity contribution in [1.82, 2.24) is 9.97 Å². The van der Waals surface area contributed by atoms with Gasteiger partial charge in [0.2, 0.25) is 5.95 Å². The van der Waals surface area contributed by atoms with Crippen molar-refractivity contribution < 1.29 is 4.39 Å². The maximum Gasteiger partial charge on any atom is 0.222 e. The average molecular weight is 358 g/mol. The topological polar surface area (TPSA) is 63.8 Å². The predicted molar refractivity (Wildman–Crippen MR) is 76.4 cm³/mol. The first kappa shape index (κ1) is 13.2. The van der Waals surface area contributed by atoms with Gasteiger partial charge in [-0.15, -0.1) is 0 Å². The van der Waals surface area contributed by atoms with Crippen LogP contribution in [0.3, 0.4) is 0 Å². The van der Waals surface area contributed by atoms with E-state index in [2.05, 4.69) is 37.9 Å². The van der Waals surface area contributed by atoms with Crippen LogP contribution in [0.25, 0.3) is 0 Å². The van der Waals surface area contributed by atoms with Crippen LogP contribution in [0.2, 0.25) is 0 Å². The molecule has 0 spiro atoms. The monoisotopic (exact) mass is 358 g/mol. The lowest BCUT2D eigenvalue weighted by atomic mass is 10.1. The lowest BCUT2D eigenvalue weighted by molar-refractivity contribution is 0.610.